The van der Waals surface area contributed by atoms with Crippen LogP contribution >= 0.6 is 0 Å². The molecule has 0 aliphatic heterocycles. The summed E-state index contributed by atoms with van der Waals surface area (Å²) in [6, 6.07) is 8.94. The maximum Gasteiger partial charge on any atom is 0.0237 e. The molecule has 0 fully saturated rings. The van der Waals surface area contributed by atoms with E-state index in [9.17, 15) is 0 Å². The summed E-state index contributed by atoms with van der Waals surface area (Å²) in [7, 11) is 0. The Labute approximate surface area is 145 Å². The highest BCUT2D eigenvalue weighted by Crippen LogP contribution is 2.40. The van der Waals surface area contributed by atoms with E-state index in [1.54, 1.807) is 0 Å². The van der Waals surface area contributed by atoms with Gasteiger partial charge in [0.2, 0.25) is 0 Å². The maximum absolute atomic E-state index is 2.45. The summed E-state index contributed by atoms with van der Waals surface area (Å²) in [5.74, 6) is 0.424. The van der Waals surface area contributed by atoms with Crippen LogP contribution in [-0.2, 0) is 0 Å². The standard InChI is InChI=1S/C24H24/c1-17-8-7-13-21(17)22-11-5-6-12-23(22)24-16-20(15-14-18(24)2)19-9-3-4-10-19/h3-9,11-13,16,21H,10,14-15H2,1-2H3. The van der Waals surface area contributed by atoms with Crippen LogP contribution in [-0.4, -0.2) is 0 Å². The van der Waals surface area contributed by atoms with Gasteiger partial charge in [-0.2, -0.15) is 0 Å². The molecule has 1 atom stereocenters. The molecule has 1 aromatic rings. The van der Waals surface area contributed by atoms with Crippen LogP contribution in [0.3, 0.4) is 0 Å². The molecular formula is C24H24. The zero-order valence-electron chi connectivity index (χ0n) is 14.5. The van der Waals surface area contributed by atoms with Gasteiger partial charge in [-0.05, 0) is 61.0 Å². The molecule has 4 rings (SSSR count). The molecule has 1 unspecified atom stereocenters. The van der Waals surface area contributed by atoms with Crippen LogP contribution in [0.15, 0.2) is 89.1 Å². The van der Waals surface area contributed by atoms with Crippen molar-refractivity contribution in [3.05, 3.63) is 100 Å². The minimum atomic E-state index is 0.424. The van der Waals surface area contributed by atoms with E-state index in [1.807, 2.05) is 0 Å². The molecule has 3 aliphatic carbocycles. The molecule has 0 saturated heterocycles. The van der Waals surface area contributed by atoms with Gasteiger partial charge in [0.1, 0.15) is 0 Å². The molecule has 3 aliphatic rings. The first-order valence-electron chi connectivity index (χ1n) is 8.94. The molecule has 0 heterocycles. The number of hydrogen-bond donors (Lipinski definition) is 0. The summed E-state index contributed by atoms with van der Waals surface area (Å²) in [4.78, 5) is 0. The van der Waals surface area contributed by atoms with E-state index < -0.39 is 0 Å². The van der Waals surface area contributed by atoms with Gasteiger partial charge in [-0.3, -0.25) is 0 Å². The van der Waals surface area contributed by atoms with Gasteiger partial charge >= 0.3 is 0 Å². The van der Waals surface area contributed by atoms with Crippen molar-refractivity contribution in [2.24, 2.45) is 0 Å². The molecule has 0 aromatic heterocycles. The molecule has 0 radical (unpaired) electrons. The molecule has 24 heavy (non-hydrogen) atoms. The second-order valence-corrected chi connectivity index (χ2v) is 7.05. The fraction of sp³-hybridized carbons (Fsp3) is 0.250. The molecule has 0 saturated carbocycles. The Kier molecular flexibility index (Phi) is 3.98. The molecule has 0 N–H and O–H groups in total. The van der Waals surface area contributed by atoms with Crippen LogP contribution in [0.4, 0.5) is 0 Å². The zero-order valence-corrected chi connectivity index (χ0v) is 14.5. The van der Waals surface area contributed by atoms with Gasteiger partial charge in [0.25, 0.3) is 0 Å². The minimum Gasteiger partial charge on any atom is -0.0801 e. The molecule has 120 valence electrons. The van der Waals surface area contributed by atoms with Crippen molar-refractivity contribution in [2.75, 3.05) is 0 Å². The highest BCUT2D eigenvalue weighted by Gasteiger charge is 2.21. The Hall–Kier alpha value is -2.34. The van der Waals surface area contributed by atoms with Crippen molar-refractivity contribution in [2.45, 2.75) is 39.0 Å². The highest BCUT2D eigenvalue weighted by atomic mass is 14.3. The number of allylic oxidation sites excluding steroid dienone is 12. The van der Waals surface area contributed by atoms with Gasteiger partial charge < -0.3 is 0 Å². The fourth-order valence-electron chi connectivity index (χ4n) is 4.01. The van der Waals surface area contributed by atoms with Crippen LogP contribution < -0.4 is 0 Å². The predicted molar refractivity (Wildman–Crippen MR) is 104 cm³/mol. The van der Waals surface area contributed by atoms with Crippen molar-refractivity contribution in [1.29, 1.82) is 0 Å². The highest BCUT2D eigenvalue weighted by molar-refractivity contribution is 5.82. The van der Waals surface area contributed by atoms with E-state index >= 15 is 0 Å². The third kappa shape index (κ3) is 2.67. The first-order valence-corrected chi connectivity index (χ1v) is 8.94. The molecule has 0 spiro atoms. The first-order chi connectivity index (χ1) is 11.7. The Morgan fingerprint density at radius 2 is 1.79 bits per heavy atom. The van der Waals surface area contributed by atoms with E-state index in [0.29, 0.717) is 5.92 Å². The summed E-state index contributed by atoms with van der Waals surface area (Å²) in [5, 5.41) is 0. The van der Waals surface area contributed by atoms with Crippen molar-refractivity contribution >= 4 is 5.57 Å². The van der Waals surface area contributed by atoms with E-state index in [-0.39, 0.29) is 0 Å². The third-order valence-electron chi connectivity index (χ3n) is 5.47. The quantitative estimate of drug-likeness (QED) is 0.585. The van der Waals surface area contributed by atoms with Crippen molar-refractivity contribution in [3.63, 3.8) is 0 Å². The van der Waals surface area contributed by atoms with Gasteiger partial charge in [-0.15, -0.1) is 0 Å². The lowest BCUT2D eigenvalue weighted by atomic mass is 9.81. The summed E-state index contributed by atoms with van der Waals surface area (Å²) < 4.78 is 0. The monoisotopic (exact) mass is 312 g/mol. The second kappa shape index (κ2) is 6.28. The maximum atomic E-state index is 2.45. The molecule has 0 amide bonds. The van der Waals surface area contributed by atoms with Gasteiger partial charge in [-0.1, -0.05) is 77.9 Å². The van der Waals surface area contributed by atoms with Crippen LogP contribution in [0.1, 0.15) is 50.2 Å². The lowest BCUT2D eigenvalue weighted by Crippen LogP contribution is -2.04. The molecular weight excluding hydrogens is 288 g/mol. The summed E-state index contributed by atoms with van der Waals surface area (Å²) in [6.07, 6.45) is 19.4. The van der Waals surface area contributed by atoms with Gasteiger partial charge in [-0.25, -0.2) is 0 Å². The lowest BCUT2D eigenvalue weighted by molar-refractivity contribution is 0.908. The second-order valence-electron chi connectivity index (χ2n) is 7.05. The van der Waals surface area contributed by atoms with Crippen LogP contribution in [0.2, 0.25) is 0 Å². The number of benzene rings is 1. The Morgan fingerprint density at radius 3 is 2.54 bits per heavy atom. The largest absolute Gasteiger partial charge is 0.0801 e. The van der Waals surface area contributed by atoms with Crippen molar-refractivity contribution < 1.29 is 0 Å². The van der Waals surface area contributed by atoms with Crippen LogP contribution in [0.25, 0.3) is 5.57 Å². The third-order valence-corrected chi connectivity index (χ3v) is 5.47. The van der Waals surface area contributed by atoms with Crippen LogP contribution in [0, 0.1) is 0 Å². The van der Waals surface area contributed by atoms with E-state index in [4.69, 9.17) is 0 Å². The molecule has 1 aromatic carbocycles. The smallest absolute Gasteiger partial charge is 0.0237 e. The average molecular weight is 312 g/mol. The van der Waals surface area contributed by atoms with Gasteiger partial charge in [0, 0.05) is 5.92 Å². The zero-order chi connectivity index (χ0) is 16.5. The first kappa shape index (κ1) is 15.2. The van der Waals surface area contributed by atoms with Gasteiger partial charge in [0.05, 0.1) is 0 Å². The van der Waals surface area contributed by atoms with Crippen molar-refractivity contribution in [1.82, 2.24) is 0 Å². The predicted octanol–water partition coefficient (Wildman–Crippen LogP) is 6.67. The number of rotatable bonds is 3. The van der Waals surface area contributed by atoms with E-state index in [2.05, 4.69) is 80.6 Å². The van der Waals surface area contributed by atoms with E-state index in [0.717, 1.165) is 6.42 Å². The molecule has 0 heteroatoms. The lowest BCUT2D eigenvalue weighted by Gasteiger charge is -2.23. The average Bonchev–Trinajstić information content (AvgIpc) is 3.27. The van der Waals surface area contributed by atoms with E-state index in [1.165, 1.54) is 51.8 Å². The number of hydrogen-bond acceptors (Lipinski definition) is 0. The summed E-state index contributed by atoms with van der Waals surface area (Å²) in [5.41, 5.74) is 10.2. The Bertz CT molecular complexity index is 850. The van der Waals surface area contributed by atoms with Gasteiger partial charge in [0.15, 0.2) is 0 Å². The minimum absolute atomic E-state index is 0.424. The van der Waals surface area contributed by atoms with Crippen molar-refractivity contribution in [3.8, 4) is 0 Å². The summed E-state index contributed by atoms with van der Waals surface area (Å²) in [6.45, 7) is 4.54. The fourth-order valence-corrected chi connectivity index (χ4v) is 4.01. The topological polar surface area (TPSA) is 0 Å². The Balaban J connectivity index is 1.78. The molecule has 0 bridgehead atoms. The summed E-state index contributed by atoms with van der Waals surface area (Å²) >= 11 is 0. The normalized spacial score (nSPS) is 22.8. The Morgan fingerprint density at radius 1 is 0.917 bits per heavy atom. The van der Waals surface area contributed by atoms with Crippen LogP contribution in [0.5, 0.6) is 0 Å². The molecule has 0 nitrogen and oxygen atoms in total. The SMILES string of the molecule is CC1=CC=CC1c1ccccc1C1=C(C)CCC(C2=CC=CC2)=C1.